The second-order valence-electron chi connectivity index (χ2n) is 4.52. The van der Waals surface area contributed by atoms with Crippen molar-refractivity contribution >= 4 is 11.1 Å². The van der Waals surface area contributed by atoms with E-state index in [1.807, 2.05) is 26.0 Å². The van der Waals surface area contributed by atoms with Gasteiger partial charge >= 0.3 is 5.76 Å². The first-order valence-corrected chi connectivity index (χ1v) is 5.03. The van der Waals surface area contributed by atoms with Gasteiger partial charge in [0.05, 0.1) is 17.0 Å². The highest BCUT2D eigenvalue weighted by Gasteiger charge is 2.17. The smallest absolute Gasteiger partial charge is 0.408 e. The van der Waals surface area contributed by atoms with Crippen molar-refractivity contribution in [2.24, 2.45) is 5.41 Å². The van der Waals surface area contributed by atoms with Gasteiger partial charge in [-0.1, -0.05) is 6.07 Å². The fourth-order valence-corrected chi connectivity index (χ4v) is 1.66. The van der Waals surface area contributed by atoms with E-state index >= 15 is 0 Å². The Morgan fingerprint density at radius 1 is 1.50 bits per heavy atom. The number of hydrogen-bond donors (Lipinski definition) is 1. The number of nitrogens with zero attached hydrogens (tertiary/aromatic N) is 1. The summed E-state index contributed by atoms with van der Waals surface area (Å²) in [6.07, 6.45) is 0.645. The lowest BCUT2D eigenvalue weighted by molar-refractivity contribution is 0.493. The van der Waals surface area contributed by atoms with Crippen molar-refractivity contribution in [3.05, 3.63) is 34.3 Å². The normalized spacial score (nSPS) is 11.6. The molecule has 1 aromatic heterocycles. The van der Waals surface area contributed by atoms with Gasteiger partial charge in [0.25, 0.3) is 0 Å². The van der Waals surface area contributed by atoms with Crippen molar-refractivity contribution in [2.45, 2.75) is 20.3 Å². The van der Waals surface area contributed by atoms with Crippen LogP contribution >= 0.6 is 0 Å². The van der Waals surface area contributed by atoms with Crippen LogP contribution in [0.1, 0.15) is 19.4 Å². The number of nitriles is 1. The molecule has 2 aromatic rings. The van der Waals surface area contributed by atoms with Gasteiger partial charge in [-0.05, 0) is 38.0 Å². The molecule has 0 spiro atoms. The summed E-state index contributed by atoms with van der Waals surface area (Å²) in [5.41, 5.74) is 1.83. The molecule has 0 aliphatic rings. The first-order chi connectivity index (χ1) is 7.50. The van der Waals surface area contributed by atoms with Crippen molar-refractivity contribution in [3.8, 4) is 6.07 Å². The van der Waals surface area contributed by atoms with E-state index in [0.717, 1.165) is 5.56 Å². The Labute approximate surface area is 92.5 Å². The van der Waals surface area contributed by atoms with Crippen molar-refractivity contribution in [1.82, 2.24) is 4.98 Å². The van der Waals surface area contributed by atoms with Gasteiger partial charge in [-0.2, -0.15) is 5.26 Å². The fraction of sp³-hybridized carbons (Fsp3) is 0.333. The summed E-state index contributed by atoms with van der Waals surface area (Å²) in [4.78, 5) is 13.6. The third-order valence-corrected chi connectivity index (χ3v) is 2.43. The zero-order chi connectivity index (χ0) is 11.8. The number of hydrogen-bond acceptors (Lipinski definition) is 3. The van der Waals surface area contributed by atoms with Crippen molar-refractivity contribution < 1.29 is 4.42 Å². The molecular weight excluding hydrogens is 204 g/mol. The van der Waals surface area contributed by atoms with Crippen LogP contribution in [0.3, 0.4) is 0 Å². The number of aromatic amines is 1. The van der Waals surface area contributed by atoms with Crippen LogP contribution in [0.25, 0.3) is 11.1 Å². The highest BCUT2D eigenvalue weighted by molar-refractivity contribution is 5.72. The molecule has 4 nitrogen and oxygen atoms in total. The highest BCUT2D eigenvalue weighted by Crippen LogP contribution is 2.22. The lowest BCUT2D eigenvalue weighted by atomic mass is 9.87. The average molecular weight is 216 g/mol. The van der Waals surface area contributed by atoms with E-state index in [4.69, 9.17) is 9.68 Å². The van der Waals surface area contributed by atoms with Gasteiger partial charge in [-0.25, -0.2) is 4.79 Å². The topological polar surface area (TPSA) is 69.8 Å². The van der Waals surface area contributed by atoms with Crippen LogP contribution in [0.4, 0.5) is 0 Å². The predicted octanol–water partition coefficient (Wildman–Crippen LogP) is 2.21. The van der Waals surface area contributed by atoms with Gasteiger partial charge in [-0.3, -0.25) is 4.98 Å². The zero-order valence-electron chi connectivity index (χ0n) is 9.20. The molecule has 82 valence electrons. The van der Waals surface area contributed by atoms with E-state index in [1.54, 1.807) is 6.07 Å². The summed E-state index contributed by atoms with van der Waals surface area (Å²) in [5.74, 6) is -0.452. The van der Waals surface area contributed by atoms with Gasteiger partial charge in [-0.15, -0.1) is 0 Å². The zero-order valence-corrected chi connectivity index (χ0v) is 9.20. The van der Waals surface area contributed by atoms with Gasteiger partial charge in [0.2, 0.25) is 0 Å². The van der Waals surface area contributed by atoms with Crippen LogP contribution in [0.2, 0.25) is 0 Å². The molecule has 0 amide bonds. The first kappa shape index (κ1) is 10.5. The molecule has 0 unspecified atom stereocenters. The Bertz CT molecular complexity index is 614. The molecule has 0 bridgehead atoms. The Hall–Kier alpha value is -2.02. The average Bonchev–Trinajstić information content (AvgIpc) is 2.57. The van der Waals surface area contributed by atoms with Gasteiger partial charge in [0.1, 0.15) is 0 Å². The minimum Gasteiger partial charge on any atom is -0.408 e. The van der Waals surface area contributed by atoms with E-state index in [0.29, 0.717) is 17.5 Å². The van der Waals surface area contributed by atoms with Crippen LogP contribution in [-0.2, 0) is 6.42 Å². The van der Waals surface area contributed by atoms with E-state index in [-0.39, 0.29) is 0 Å². The Morgan fingerprint density at radius 2 is 2.25 bits per heavy atom. The number of H-pyrrole nitrogens is 1. The van der Waals surface area contributed by atoms with Crippen LogP contribution in [0.5, 0.6) is 0 Å². The number of rotatable bonds is 2. The fourth-order valence-electron chi connectivity index (χ4n) is 1.66. The minimum absolute atomic E-state index is 0.405. The van der Waals surface area contributed by atoms with Gasteiger partial charge in [0.15, 0.2) is 5.58 Å². The third-order valence-electron chi connectivity index (χ3n) is 2.43. The van der Waals surface area contributed by atoms with E-state index in [2.05, 4.69) is 11.1 Å². The highest BCUT2D eigenvalue weighted by atomic mass is 16.4. The first-order valence-electron chi connectivity index (χ1n) is 5.03. The summed E-state index contributed by atoms with van der Waals surface area (Å²) in [7, 11) is 0. The molecule has 16 heavy (non-hydrogen) atoms. The maximum Gasteiger partial charge on any atom is 0.417 e. The van der Waals surface area contributed by atoms with Crippen molar-refractivity contribution in [3.63, 3.8) is 0 Å². The second-order valence-corrected chi connectivity index (χ2v) is 4.52. The number of nitrogens with one attached hydrogen (secondary N) is 1. The summed E-state index contributed by atoms with van der Waals surface area (Å²) in [6, 6.07) is 7.71. The van der Waals surface area contributed by atoms with E-state index < -0.39 is 11.2 Å². The molecule has 0 aliphatic heterocycles. The summed E-state index contributed by atoms with van der Waals surface area (Å²) >= 11 is 0. The predicted molar refractivity (Wildman–Crippen MR) is 59.9 cm³/mol. The van der Waals surface area contributed by atoms with E-state index in [9.17, 15) is 4.79 Å². The number of fused-ring (bicyclic) bond motifs is 1. The van der Waals surface area contributed by atoms with Crippen LogP contribution in [-0.4, -0.2) is 4.98 Å². The molecule has 2 rings (SSSR count). The lowest BCUT2D eigenvalue weighted by Crippen LogP contribution is -2.11. The van der Waals surface area contributed by atoms with E-state index in [1.165, 1.54) is 0 Å². The SMILES string of the molecule is CC(C)(C#N)Cc1ccc2oc(=O)[nH]c2c1. The lowest BCUT2D eigenvalue weighted by Gasteiger charge is -2.14. The Kier molecular flexibility index (Phi) is 2.31. The standard InChI is InChI=1S/C12H12N2O2/c1-12(2,7-13)6-8-3-4-10-9(5-8)14-11(15)16-10/h3-5H,6H2,1-2H3,(H,14,15). The number of benzene rings is 1. The largest absolute Gasteiger partial charge is 0.417 e. The number of oxazole rings is 1. The molecular formula is C12H12N2O2. The van der Waals surface area contributed by atoms with Gasteiger partial charge in [0, 0.05) is 0 Å². The summed E-state index contributed by atoms with van der Waals surface area (Å²) < 4.78 is 4.90. The molecule has 0 radical (unpaired) electrons. The molecule has 4 heteroatoms. The van der Waals surface area contributed by atoms with Crippen molar-refractivity contribution in [2.75, 3.05) is 0 Å². The van der Waals surface area contributed by atoms with Crippen LogP contribution < -0.4 is 5.76 Å². The number of aromatic nitrogens is 1. The van der Waals surface area contributed by atoms with Crippen LogP contribution in [0.15, 0.2) is 27.4 Å². The summed E-state index contributed by atoms with van der Waals surface area (Å²) in [5, 5.41) is 8.95. The molecule has 1 heterocycles. The monoisotopic (exact) mass is 216 g/mol. The van der Waals surface area contributed by atoms with Gasteiger partial charge < -0.3 is 4.42 Å². The quantitative estimate of drug-likeness (QED) is 0.836. The third kappa shape index (κ3) is 1.98. The molecule has 0 fully saturated rings. The Morgan fingerprint density at radius 3 is 2.94 bits per heavy atom. The molecule has 0 aliphatic carbocycles. The Balaban J connectivity index is 2.40. The molecule has 1 aromatic carbocycles. The molecule has 0 atom stereocenters. The minimum atomic E-state index is -0.452. The molecule has 1 N–H and O–H groups in total. The maximum absolute atomic E-state index is 11.0. The molecule has 0 saturated carbocycles. The maximum atomic E-state index is 11.0. The van der Waals surface area contributed by atoms with Crippen LogP contribution in [0, 0.1) is 16.7 Å². The van der Waals surface area contributed by atoms with Crippen molar-refractivity contribution in [1.29, 1.82) is 5.26 Å². The summed E-state index contributed by atoms with van der Waals surface area (Å²) in [6.45, 7) is 3.77. The molecule has 0 saturated heterocycles. The second kappa shape index (κ2) is 3.53.